The van der Waals surface area contributed by atoms with Crippen molar-refractivity contribution in [3.63, 3.8) is 0 Å². The number of ether oxygens (including phenoxy) is 1. The molecule has 0 saturated carbocycles. The first kappa shape index (κ1) is 18.9. The van der Waals surface area contributed by atoms with Gasteiger partial charge in [0.15, 0.2) is 5.96 Å². The molecule has 0 bridgehead atoms. The molecule has 5 nitrogen and oxygen atoms in total. The van der Waals surface area contributed by atoms with Crippen LogP contribution in [0.25, 0.3) is 0 Å². The molecule has 0 aliphatic carbocycles. The zero-order chi connectivity index (χ0) is 18.9. The van der Waals surface area contributed by atoms with E-state index >= 15 is 0 Å². The van der Waals surface area contributed by atoms with Crippen LogP contribution in [-0.2, 0) is 19.7 Å². The Balaban J connectivity index is 1.50. The number of rotatable bonds is 7. The average Bonchev–Trinajstić information content (AvgIpc) is 3.12. The number of hydrogen-bond acceptors (Lipinski definition) is 4. The molecule has 0 atom stereocenters. The van der Waals surface area contributed by atoms with Crippen molar-refractivity contribution in [3.8, 4) is 5.88 Å². The van der Waals surface area contributed by atoms with E-state index < -0.39 is 0 Å². The van der Waals surface area contributed by atoms with Gasteiger partial charge in [0, 0.05) is 30.7 Å². The summed E-state index contributed by atoms with van der Waals surface area (Å²) in [5.41, 5.74) is 3.51. The van der Waals surface area contributed by atoms with E-state index in [1.165, 1.54) is 10.4 Å². The van der Waals surface area contributed by atoms with Crippen LogP contribution < -0.4 is 15.4 Å². The van der Waals surface area contributed by atoms with Crippen LogP contribution >= 0.6 is 11.3 Å². The summed E-state index contributed by atoms with van der Waals surface area (Å²) in [6.45, 7) is 4.05. The van der Waals surface area contributed by atoms with E-state index in [0.717, 1.165) is 23.6 Å². The first-order valence-electron chi connectivity index (χ1n) is 8.84. The summed E-state index contributed by atoms with van der Waals surface area (Å²) < 4.78 is 5.79. The minimum absolute atomic E-state index is 0.508. The highest BCUT2D eigenvalue weighted by Crippen LogP contribution is 2.15. The molecule has 0 amide bonds. The summed E-state index contributed by atoms with van der Waals surface area (Å²) in [6.07, 6.45) is 1.77. The molecule has 2 N–H and O–H groups in total. The lowest BCUT2D eigenvalue weighted by Crippen LogP contribution is -2.36. The molecular formula is C21H24N4OS. The number of aromatic nitrogens is 1. The zero-order valence-corrected chi connectivity index (χ0v) is 16.4. The lowest BCUT2D eigenvalue weighted by atomic mass is 10.2. The Morgan fingerprint density at radius 3 is 2.63 bits per heavy atom. The summed E-state index contributed by atoms with van der Waals surface area (Å²) in [6, 6.07) is 16.1. The van der Waals surface area contributed by atoms with Gasteiger partial charge >= 0.3 is 0 Å². The van der Waals surface area contributed by atoms with Crippen LogP contribution in [0.1, 0.15) is 21.6 Å². The maximum Gasteiger partial charge on any atom is 0.213 e. The van der Waals surface area contributed by atoms with Gasteiger partial charge in [0.25, 0.3) is 0 Å². The number of thiophene rings is 1. The molecule has 140 valence electrons. The van der Waals surface area contributed by atoms with Crippen molar-refractivity contribution in [2.75, 3.05) is 7.05 Å². The largest absolute Gasteiger partial charge is 0.473 e. The predicted octanol–water partition coefficient (Wildman–Crippen LogP) is 3.90. The number of aliphatic imine (C=N–C) groups is 1. The van der Waals surface area contributed by atoms with Crippen molar-refractivity contribution >= 4 is 17.3 Å². The van der Waals surface area contributed by atoms with Gasteiger partial charge in [0.2, 0.25) is 5.88 Å². The van der Waals surface area contributed by atoms with Gasteiger partial charge in [-0.2, -0.15) is 0 Å². The second-order valence-electron chi connectivity index (χ2n) is 6.08. The molecule has 27 heavy (non-hydrogen) atoms. The van der Waals surface area contributed by atoms with E-state index in [9.17, 15) is 0 Å². The van der Waals surface area contributed by atoms with E-state index in [0.29, 0.717) is 19.0 Å². The van der Waals surface area contributed by atoms with E-state index in [-0.39, 0.29) is 0 Å². The highest BCUT2D eigenvalue weighted by molar-refractivity contribution is 7.10. The number of nitrogens with zero attached hydrogens (tertiary/aromatic N) is 2. The molecular weight excluding hydrogens is 356 g/mol. The third kappa shape index (κ3) is 5.82. The second-order valence-corrected chi connectivity index (χ2v) is 7.08. The van der Waals surface area contributed by atoms with Crippen LogP contribution in [-0.4, -0.2) is 18.0 Å². The maximum atomic E-state index is 5.79. The van der Waals surface area contributed by atoms with Crippen molar-refractivity contribution in [2.45, 2.75) is 26.6 Å². The van der Waals surface area contributed by atoms with Crippen LogP contribution in [0.3, 0.4) is 0 Å². The smallest absolute Gasteiger partial charge is 0.213 e. The number of guanidine groups is 1. The SMILES string of the molecule is CN=C(NCc1ccnc(OCc2ccccc2)c1)NCc1sccc1C. The third-order valence-electron chi connectivity index (χ3n) is 4.10. The normalized spacial score (nSPS) is 11.3. The number of pyridine rings is 1. The Bertz CT molecular complexity index is 877. The summed E-state index contributed by atoms with van der Waals surface area (Å²) in [7, 11) is 1.78. The number of nitrogens with one attached hydrogen (secondary N) is 2. The molecule has 1 aromatic carbocycles. The first-order chi connectivity index (χ1) is 13.2. The quantitative estimate of drug-likeness (QED) is 0.482. The van der Waals surface area contributed by atoms with Crippen molar-refractivity contribution in [3.05, 3.63) is 81.7 Å². The van der Waals surface area contributed by atoms with Crippen LogP contribution in [0.2, 0.25) is 0 Å². The monoisotopic (exact) mass is 380 g/mol. The fraction of sp³-hybridized carbons (Fsp3) is 0.238. The second kappa shape index (κ2) is 9.73. The molecule has 0 aliphatic heterocycles. The van der Waals surface area contributed by atoms with E-state index in [4.69, 9.17) is 4.74 Å². The Labute approximate surface area is 164 Å². The lowest BCUT2D eigenvalue weighted by Gasteiger charge is -2.12. The molecule has 0 fully saturated rings. The van der Waals surface area contributed by atoms with Gasteiger partial charge in [0.1, 0.15) is 6.61 Å². The Morgan fingerprint density at radius 2 is 1.89 bits per heavy atom. The van der Waals surface area contributed by atoms with Gasteiger partial charge in [0.05, 0.1) is 6.54 Å². The van der Waals surface area contributed by atoms with Crippen molar-refractivity contribution in [2.24, 2.45) is 4.99 Å². The van der Waals surface area contributed by atoms with Crippen LogP contribution in [0.4, 0.5) is 0 Å². The zero-order valence-electron chi connectivity index (χ0n) is 15.6. The minimum Gasteiger partial charge on any atom is -0.473 e. The molecule has 0 radical (unpaired) electrons. The van der Waals surface area contributed by atoms with Crippen molar-refractivity contribution < 1.29 is 4.74 Å². The average molecular weight is 381 g/mol. The maximum absolute atomic E-state index is 5.79. The van der Waals surface area contributed by atoms with Crippen LogP contribution in [0.5, 0.6) is 5.88 Å². The Morgan fingerprint density at radius 1 is 1.07 bits per heavy atom. The predicted molar refractivity (Wildman–Crippen MR) is 111 cm³/mol. The molecule has 0 spiro atoms. The lowest BCUT2D eigenvalue weighted by molar-refractivity contribution is 0.293. The molecule has 6 heteroatoms. The summed E-state index contributed by atoms with van der Waals surface area (Å²) in [5, 5.41) is 8.78. The van der Waals surface area contributed by atoms with Gasteiger partial charge < -0.3 is 15.4 Å². The summed E-state index contributed by atoms with van der Waals surface area (Å²) >= 11 is 1.75. The van der Waals surface area contributed by atoms with Gasteiger partial charge in [-0.05, 0) is 41.1 Å². The highest BCUT2D eigenvalue weighted by atomic mass is 32.1. The van der Waals surface area contributed by atoms with Crippen LogP contribution in [0.15, 0.2) is 65.1 Å². The fourth-order valence-corrected chi connectivity index (χ4v) is 3.37. The number of hydrogen-bond donors (Lipinski definition) is 2. The molecule has 3 rings (SSSR count). The Hall–Kier alpha value is -2.86. The van der Waals surface area contributed by atoms with Gasteiger partial charge in [-0.25, -0.2) is 4.98 Å². The number of benzene rings is 1. The molecule has 0 unspecified atom stereocenters. The minimum atomic E-state index is 0.508. The van der Waals surface area contributed by atoms with E-state index in [2.05, 4.69) is 39.0 Å². The highest BCUT2D eigenvalue weighted by Gasteiger charge is 2.04. The van der Waals surface area contributed by atoms with E-state index in [1.807, 2.05) is 42.5 Å². The van der Waals surface area contributed by atoms with Gasteiger partial charge in [-0.15, -0.1) is 11.3 Å². The Kier molecular flexibility index (Phi) is 6.82. The summed E-state index contributed by atoms with van der Waals surface area (Å²) in [5.74, 6) is 1.39. The van der Waals surface area contributed by atoms with Gasteiger partial charge in [-0.1, -0.05) is 30.3 Å². The number of aryl methyl sites for hydroxylation is 1. The van der Waals surface area contributed by atoms with Crippen molar-refractivity contribution in [1.29, 1.82) is 0 Å². The molecule has 2 aromatic heterocycles. The van der Waals surface area contributed by atoms with E-state index in [1.54, 1.807) is 24.6 Å². The topological polar surface area (TPSA) is 58.5 Å². The fourth-order valence-electron chi connectivity index (χ4n) is 2.53. The molecule has 2 heterocycles. The van der Waals surface area contributed by atoms with Crippen LogP contribution in [0, 0.1) is 6.92 Å². The first-order valence-corrected chi connectivity index (χ1v) is 9.71. The summed E-state index contributed by atoms with van der Waals surface area (Å²) in [4.78, 5) is 9.89. The molecule has 0 saturated heterocycles. The van der Waals surface area contributed by atoms with Crippen molar-refractivity contribution in [1.82, 2.24) is 15.6 Å². The standard InChI is InChI=1S/C21H24N4OS/c1-16-9-11-27-19(16)14-25-21(22-2)24-13-18-8-10-23-20(12-18)26-15-17-6-4-3-5-7-17/h3-12H,13-15H2,1-2H3,(H2,22,24,25). The van der Waals surface area contributed by atoms with Gasteiger partial charge in [-0.3, -0.25) is 4.99 Å². The molecule has 0 aliphatic rings. The molecule has 3 aromatic rings. The third-order valence-corrected chi connectivity index (χ3v) is 5.12.